The van der Waals surface area contributed by atoms with Crippen LogP contribution in [0.3, 0.4) is 0 Å². The van der Waals surface area contributed by atoms with E-state index in [-0.39, 0.29) is 0 Å². The molecule has 2 atom stereocenters. The fourth-order valence-electron chi connectivity index (χ4n) is 2.89. The summed E-state index contributed by atoms with van der Waals surface area (Å²) in [5, 5.41) is 3.62. The molecular formula is C17H27NO. The lowest BCUT2D eigenvalue weighted by molar-refractivity contribution is 0.254. The molecule has 0 aromatic heterocycles. The Labute approximate surface area is 117 Å². The largest absolute Gasteiger partial charge is 0.490 e. The topological polar surface area (TPSA) is 21.3 Å². The van der Waals surface area contributed by atoms with Gasteiger partial charge in [0.15, 0.2) is 0 Å². The van der Waals surface area contributed by atoms with Gasteiger partial charge in [0.1, 0.15) is 11.9 Å². The molecule has 106 valence electrons. The molecule has 0 spiro atoms. The van der Waals surface area contributed by atoms with Gasteiger partial charge in [0.2, 0.25) is 0 Å². The van der Waals surface area contributed by atoms with E-state index >= 15 is 0 Å². The van der Waals surface area contributed by atoms with E-state index in [0.717, 1.165) is 18.7 Å². The van der Waals surface area contributed by atoms with Crippen LogP contribution in [-0.2, 0) is 6.42 Å². The smallest absolute Gasteiger partial charge is 0.123 e. The van der Waals surface area contributed by atoms with Crippen LogP contribution in [-0.4, -0.2) is 12.6 Å². The summed E-state index contributed by atoms with van der Waals surface area (Å²) in [6, 6.07) is 7.23. The molecule has 1 aliphatic heterocycles. The van der Waals surface area contributed by atoms with E-state index in [1.165, 1.54) is 36.8 Å². The van der Waals surface area contributed by atoms with Gasteiger partial charge in [-0.25, -0.2) is 0 Å². The lowest BCUT2D eigenvalue weighted by Gasteiger charge is -2.19. The molecule has 1 N–H and O–H groups in total. The summed E-state index contributed by atoms with van der Waals surface area (Å²) in [4.78, 5) is 0. The molecule has 19 heavy (non-hydrogen) atoms. The van der Waals surface area contributed by atoms with Crippen LogP contribution in [0.1, 0.15) is 63.6 Å². The average Bonchev–Trinajstić information content (AvgIpc) is 2.77. The molecule has 0 bridgehead atoms. The third-order valence-corrected chi connectivity index (χ3v) is 3.87. The van der Waals surface area contributed by atoms with Crippen LogP contribution in [0.4, 0.5) is 0 Å². The van der Waals surface area contributed by atoms with E-state index in [0.29, 0.717) is 12.1 Å². The predicted molar refractivity (Wildman–Crippen MR) is 80.8 cm³/mol. The molecule has 0 saturated heterocycles. The highest BCUT2D eigenvalue weighted by Gasteiger charge is 2.20. The van der Waals surface area contributed by atoms with Crippen molar-refractivity contribution in [2.75, 3.05) is 6.54 Å². The van der Waals surface area contributed by atoms with Gasteiger partial charge in [-0.2, -0.15) is 0 Å². The van der Waals surface area contributed by atoms with E-state index in [9.17, 15) is 0 Å². The van der Waals surface area contributed by atoms with Crippen LogP contribution in [0.25, 0.3) is 0 Å². The molecule has 2 nitrogen and oxygen atoms in total. The Hall–Kier alpha value is -1.02. The number of hydrogen-bond donors (Lipinski definition) is 1. The molecule has 0 aliphatic carbocycles. The zero-order valence-electron chi connectivity index (χ0n) is 12.5. The van der Waals surface area contributed by atoms with Crippen molar-refractivity contribution in [1.29, 1.82) is 0 Å². The molecule has 2 unspecified atom stereocenters. The van der Waals surface area contributed by atoms with Gasteiger partial charge in [-0.05, 0) is 37.1 Å². The van der Waals surface area contributed by atoms with Crippen LogP contribution in [0.15, 0.2) is 18.2 Å². The van der Waals surface area contributed by atoms with Crippen molar-refractivity contribution < 1.29 is 4.74 Å². The molecule has 0 amide bonds. The predicted octanol–water partition coefficient (Wildman–Crippen LogP) is 4.24. The molecular weight excluding hydrogens is 234 g/mol. The molecule has 0 saturated carbocycles. The van der Waals surface area contributed by atoms with Crippen molar-refractivity contribution >= 4 is 0 Å². The summed E-state index contributed by atoms with van der Waals surface area (Å²) in [7, 11) is 0. The molecule has 1 aromatic carbocycles. The Balaban J connectivity index is 2.06. The van der Waals surface area contributed by atoms with Gasteiger partial charge < -0.3 is 10.1 Å². The zero-order chi connectivity index (χ0) is 13.7. The fraction of sp³-hybridized carbons (Fsp3) is 0.647. The second kappa shape index (κ2) is 6.95. The van der Waals surface area contributed by atoms with Gasteiger partial charge in [-0.15, -0.1) is 0 Å². The second-order valence-corrected chi connectivity index (χ2v) is 5.61. The number of benzene rings is 1. The van der Waals surface area contributed by atoms with Crippen LogP contribution >= 0.6 is 0 Å². The first-order valence-corrected chi connectivity index (χ1v) is 7.77. The van der Waals surface area contributed by atoms with Crippen molar-refractivity contribution in [1.82, 2.24) is 5.32 Å². The fourth-order valence-corrected chi connectivity index (χ4v) is 2.89. The number of ether oxygens (including phenoxy) is 1. The monoisotopic (exact) mass is 261 g/mol. The first-order valence-electron chi connectivity index (χ1n) is 7.77. The molecule has 0 radical (unpaired) electrons. The van der Waals surface area contributed by atoms with Crippen LogP contribution in [0, 0.1) is 0 Å². The van der Waals surface area contributed by atoms with Gasteiger partial charge in [-0.3, -0.25) is 0 Å². The number of hydrogen-bond acceptors (Lipinski definition) is 2. The van der Waals surface area contributed by atoms with Gasteiger partial charge in [0, 0.05) is 12.5 Å². The number of rotatable bonds is 7. The first-order chi connectivity index (χ1) is 9.24. The summed E-state index contributed by atoms with van der Waals surface area (Å²) in [6.45, 7) is 7.62. The number of fused-ring (bicyclic) bond motifs is 1. The van der Waals surface area contributed by atoms with E-state index in [2.05, 4.69) is 44.3 Å². The molecule has 1 heterocycles. The highest BCUT2D eigenvalue weighted by Crippen LogP contribution is 2.32. The van der Waals surface area contributed by atoms with Gasteiger partial charge in [-0.1, -0.05) is 45.2 Å². The Kier molecular flexibility index (Phi) is 5.26. The summed E-state index contributed by atoms with van der Waals surface area (Å²) in [5.74, 6) is 1.08. The Morgan fingerprint density at radius 1 is 1.32 bits per heavy atom. The van der Waals surface area contributed by atoms with Crippen LogP contribution < -0.4 is 10.1 Å². The second-order valence-electron chi connectivity index (χ2n) is 5.61. The SMILES string of the molecule is CCCCCC(NCC)c1ccc2c(c1)CC(C)O2. The summed E-state index contributed by atoms with van der Waals surface area (Å²) in [6.07, 6.45) is 6.54. The van der Waals surface area contributed by atoms with Crippen molar-refractivity contribution in [2.45, 2.75) is 65.0 Å². The summed E-state index contributed by atoms with van der Waals surface area (Å²) in [5.41, 5.74) is 2.80. The maximum Gasteiger partial charge on any atom is 0.123 e. The third kappa shape index (κ3) is 3.73. The molecule has 1 aromatic rings. The molecule has 0 fully saturated rings. The summed E-state index contributed by atoms with van der Waals surface area (Å²) >= 11 is 0. The summed E-state index contributed by atoms with van der Waals surface area (Å²) < 4.78 is 5.78. The minimum atomic E-state index is 0.336. The van der Waals surface area contributed by atoms with E-state index in [1.54, 1.807) is 0 Å². The lowest BCUT2D eigenvalue weighted by atomic mass is 9.97. The normalized spacial score (nSPS) is 19.0. The van der Waals surface area contributed by atoms with Crippen LogP contribution in [0.2, 0.25) is 0 Å². The number of unbranched alkanes of at least 4 members (excludes halogenated alkanes) is 2. The first kappa shape index (κ1) is 14.4. The maximum absolute atomic E-state index is 5.78. The van der Waals surface area contributed by atoms with Crippen molar-refractivity contribution in [2.24, 2.45) is 0 Å². The molecule has 1 aliphatic rings. The van der Waals surface area contributed by atoms with E-state index < -0.39 is 0 Å². The van der Waals surface area contributed by atoms with Crippen molar-refractivity contribution in [3.8, 4) is 5.75 Å². The van der Waals surface area contributed by atoms with Gasteiger partial charge in [0.25, 0.3) is 0 Å². The highest BCUT2D eigenvalue weighted by molar-refractivity contribution is 5.41. The minimum absolute atomic E-state index is 0.336. The van der Waals surface area contributed by atoms with Crippen molar-refractivity contribution in [3.63, 3.8) is 0 Å². The maximum atomic E-state index is 5.78. The highest BCUT2D eigenvalue weighted by atomic mass is 16.5. The van der Waals surface area contributed by atoms with Gasteiger partial charge in [0.05, 0.1) is 0 Å². The Morgan fingerprint density at radius 3 is 2.89 bits per heavy atom. The average molecular weight is 261 g/mol. The Bertz CT molecular complexity index is 402. The zero-order valence-corrected chi connectivity index (χ0v) is 12.5. The van der Waals surface area contributed by atoms with Crippen LogP contribution in [0.5, 0.6) is 5.75 Å². The quantitative estimate of drug-likeness (QED) is 0.741. The van der Waals surface area contributed by atoms with E-state index in [1.807, 2.05) is 0 Å². The Morgan fingerprint density at radius 2 is 2.16 bits per heavy atom. The molecule has 2 rings (SSSR count). The molecule has 2 heteroatoms. The minimum Gasteiger partial charge on any atom is -0.490 e. The van der Waals surface area contributed by atoms with Crippen molar-refractivity contribution in [3.05, 3.63) is 29.3 Å². The standard InChI is InChI=1S/C17H27NO/c1-4-6-7-8-16(18-5-2)14-9-10-17-15(12-14)11-13(3)19-17/h9-10,12-13,16,18H,4-8,11H2,1-3H3. The lowest BCUT2D eigenvalue weighted by Crippen LogP contribution is -2.20. The number of nitrogens with one attached hydrogen (secondary N) is 1. The van der Waals surface area contributed by atoms with Gasteiger partial charge >= 0.3 is 0 Å². The van der Waals surface area contributed by atoms with E-state index in [4.69, 9.17) is 4.74 Å². The third-order valence-electron chi connectivity index (χ3n) is 3.87.